The first-order valence-electron chi connectivity index (χ1n) is 12.2. The summed E-state index contributed by atoms with van der Waals surface area (Å²) in [6, 6.07) is 13.9. The van der Waals surface area contributed by atoms with E-state index < -0.39 is 18.1 Å². The van der Waals surface area contributed by atoms with E-state index in [-0.39, 0.29) is 18.2 Å². The maximum atomic E-state index is 15.4. The van der Waals surface area contributed by atoms with Crippen LogP contribution in [0.1, 0.15) is 43.0 Å². The van der Waals surface area contributed by atoms with Crippen molar-refractivity contribution in [2.24, 2.45) is 11.8 Å². The van der Waals surface area contributed by atoms with E-state index in [0.29, 0.717) is 48.2 Å². The fourth-order valence-corrected chi connectivity index (χ4v) is 5.15. The molecule has 1 aromatic heterocycles. The number of aryl methyl sites for hydroxylation is 1. The number of nitrogens with zero attached hydrogens (tertiary/aromatic N) is 2. The maximum absolute atomic E-state index is 15.4. The number of carboxylic acid groups (broad SMARTS) is 1. The van der Waals surface area contributed by atoms with Gasteiger partial charge in [-0.05, 0) is 92.6 Å². The lowest BCUT2D eigenvalue weighted by atomic mass is 9.81. The van der Waals surface area contributed by atoms with Gasteiger partial charge in [0, 0.05) is 18.1 Å². The Labute approximate surface area is 204 Å². The number of aromatic nitrogens is 1. The molecule has 1 saturated heterocycles. The molecule has 2 aromatic carbocycles. The molecule has 0 saturated carbocycles. The van der Waals surface area contributed by atoms with Gasteiger partial charge in [0.1, 0.15) is 17.7 Å². The van der Waals surface area contributed by atoms with Crippen molar-refractivity contribution in [2.75, 3.05) is 26.7 Å². The average Bonchev–Trinajstić information content (AvgIpc) is 2.88. The molecule has 0 bridgehead atoms. The van der Waals surface area contributed by atoms with Gasteiger partial charge in [-0.2, -0.15) is 0 Å². The highest BCUT2D eigenvalue weighted by atomic mass is 19.1. The Kier molecular flexibility index (Phi) is 8.29. The van der Waals surface area contributed by atoms with Crippen LogP contribution in [0.3, 0.4) is 0 Å². The summed E-state index contributed by atoms with van der Waals surface area (Å²) < 4.78 is 34.5. The van der Waals surface area contributed by atoms with E-state index in [4.69, 9.17) is 4.74 Å². The number of aliphatic carboxylic acids is 1. The van der Waals surface area contributed by atoms with E-state index in [1.165, 1.54) is 6.07 Å². The van der Waals surface area contributed by atoms with Gasteiger partial charge < -0.3 is 14.7 Å². The lowest BCUT2D eigenvalue weighted by molar-refractivity contribution is -0.146. The smallest absolute Gasteiger partial charge is 0.308 e. The molecule has 1 aliphatic rings. The number of pyridine rings is 1. The number of piperidine rings is 1. The first-order valence-corrected chi connectivity index (χ1v) is 12.2. The predicted octanol–water partition coefficient (Wildman–Crippen LogP) is 5.83. The lowest BCUT2D eigenvalue weighted by Gasteiger charge is -2.37. The highest BCUT2D eigenvalue weighted by Gasteiger charge is 2.34. The molecule has 0 spiro atoms. The highest BCUT2D eigenvalue weighted by molar-refractivity contribution is 5.83. The van der Waals surface area contributed by atoms with Crippen LogP contribution < -0.4 is 4.74 Å². The number of carboxylic acids is 1. The van der Waals surface area contributed by atoms with Crippen LogP contribution in [0.15, 0.2) is 54.7 Å². The highest BCUT2D eigenvalue weighted by Crippen LogP contribution is 2.35. The molecule has 0 unspecified atom stereocenters. The van der Waals surface area contributed by atoms with Gasteiger partial charge in [-0.1, -0.05) is 18.2 Å². The van der Waals surface area contributed by atoms with Gasteiger partial charge in [-0.25, -0.2) is 8.78 Å². The fourth-order valence-electron chi connectivity index (χ4n) is 5.15. The normalized spacial score (nSPS) is 19.5. The minimum Gasteiger partial charge on any atom is -0.497 e. The zero-order valence-electron chi connectivity index (χ0n) is 20.0. The monoisotopic (exact) mass is 482 g/mol. The van der Waals surface area contributed by atoms with Gasteiger partial charge in [0.2, 0.25) is 0 Å². The molecular formula is C28H32F2N2O3. The maximum Gasteiger partial charge on any atom is 0.308 e. The van der Waals surface area contributed by atoms with Crippen LogP contribution in [-0.4, -0.2) is 47.7 Å². The van der Waals surface area contributed by atoms with Crippen LogP contribution in [0, 0.1) is 17.7 Å². The number of methoxy groups -OCH3 is 1. The average molecular weight is 483 g/mol. The van der Waals surface area contributed by atoms with Gasteiger partial charge in [-0.15, -0.1) is 0 Å². The third kappa shape index (κ3) is 6.14. The van der Waals surface area contributed by atoms with Crippen molar-refractivity contribution in [2.45, 2.75) is 38.3 Å². The Bertz CT molecular complexity index is 1160. The Hall–Kier alpha value is -3.06. The summed E-state index contributed by atoms with van der Waals surface area (Å²) in [7, 11) is 1.57. The molecule has 0 amide bonds. The number of alkyl halides is 1. The molecule has 186 valence electrons. The number of fused-ring (bicyclic) bond motifs is 1. The summed E-state index contributed by atoms with van der Waals surface area (Å²) in [5, 5.41) is 10.6. The molecule has 3 atom stereocenters. The first-order chi connectivity index (χ1) is 17.0. The van der Waals surface area contributed by atoms with E-state index in [9.17, 15) is 14.3 Å². The quantitative estimate of drug-likeness (QED) is 0.394. The van der Waals surface area contributed by atoms with Crippen LogP contribution in [0.2, 0.25) is 0 Å². The number of benzene rings is 2. The van der Waals surface area contributed by atoms with Crippen LogP contribution in [0.4, 0.5) is 8.78 Å². The standard InChI is InChI=1S/C28H32F2N2O3/c1-35-21-9-11-27-23(17-21)22(12-14-31-27)26(30)10-8-19-13-16-32(18-24(19)28(33)34)15-4-6-20-5-2-3-7-25(20)29/h2-3,5,7,9,11-12,14,17,19,24,26H,4,6,8,10,13,15-16,18H2,1H3,(H,33,34)/t19-,24+,26-/m1/s1. The third-order valence-corrected chi connectivity index (χ3v) is 7.15. The number of rotatable bonds is 10. The van der Waals surface area contributed by atoms with Crippen LogP contribution in [-0.2, 0) is 11.2 Å². The third-order valence-electron chi connectivity index (χ3n) is 7.15. The molecule has 7 heteroatoms. The molecule has 0 radical (unpaired) electrons. The van der Waals surface area contributed by atoms with E-state index in [1.54, 1.807) is 43.6 Å². The Morgan fingerprint density at radius 2 is 2.09 bits per heavy atom. The second-order valence-electron chi connectivity index (χ2n) is 9.32. The summed E-state index contributed by atoms with van der Waals surface area (Å²) >= 11 is 0. The van der Waals surface area contributed by atoms with Crippen molar-refractivity contribution < 1.29 is 23.4 Å². The van der Waals surface area contributed by atoms with Gasteiger partial charge in [0.15, 0.2) is 0 Å². The van der Waals surface area contributed by atoms with Gasteiger partial charge in [0.25, 0.3) is 0 Å². The number of likely N-dealkylation sites (tertiary alicyclic amines) is 1. The zero-order chi connectivity index (χ0) is 24.8. The number of carbonyl (C=O) groups is 1. The SMILES string of the molecule is COc1ccc2nccc([C@H](F)CC[C@@H]3CCN(CCCc4ccccc4F)C[C@@H]3C(=O)O)c2c1. The van der Waals surface area contributed by atoms with Crippen molar-refractivity contribution in [3.63, 3.8) is 0 Å². The minimum absolute atomic E-state index is 0.0730. The second-order valence-corrected chi connectivity index (χ2v) is 9.32. The van der Waals surface area contributed by atoms with Crippen molar-refractivity contribution in [3.8, 4) is 5.75 Å². The summed E-state index contributed by atoms with van der Waals surface area (Å²) in [5.74, 6) is -0.985. The number of hydrogen-bond acceptors (Lipinski definition) is 4. The number of hydrogen-bond donors (Lipinski definition) is 1. The summed E-state index contributed by atoms with van der Waals surface area (Å²) in [4.78, 5) is 18.5. The molecule has 3 aromatic rings. The molecule has 1 fully saturated rings. The minimum atomic E-state index is -1.21. The molecule has 1 N–H and O–H groups in total. The van der Waals surface area contributed by atoms with Crippen LogP contribution >= 0.6 is 0 Å². The molecule has 35 heavy (non-hydrogen) atoms. The van der Waals surface area contributed by atoms with Crippen LogP contribution in [0.25, 0.3) is 10.9 Å². The molecule has 5 nitrogen and oxygen atoms in total. The number of ether oxygens (including phenoxy) is 1. The molecular weight excluding hydrogens is 450 g/mol. The first kappa shape index (κ1) is 25.0. The lowest BCUT2D eigenvalue weighted by Crippen LogP contribution is -2.44. The summed E-state index contributed by atoms with van der Waals surface area (Å²) in [6.07, 6.45) is 3.28. The van der Waals surface area contributed by atoms with Crippen molar-refractivity contribution in [1.29, 1.82) is 0 Å². The van der Waals surface area contributed by atoms with Gasteiger partial charge in [0.05, 0.1) is 18.5 Å². The van der Waals surface area contributed by atoms with Crippen LogP contribution in [0.5, 0.6) is 5.75 Å². The van der Waals surface area contributed by atoms with E-state index in [0.717, 1.165) is 24.9 Å². The van der Waals surface area contributed by atoms with Crippen molar-refractivity contribution >= 4 is 16.9 Å². The summed E-state index contributed by atoms with van der Waals surface area (Å²) in [5.41, 5.74) is 1.96. The van der Waals surface area contributed by atoms with Gasteiger partial charge >= 0.3 is 5.97 Å². The molecule has 4 rings (SSSR count). The summed E-state index contributed by atoms with van der Waals surface area (Å²) in [6.45, 7) is 1.95. The Morgan fingerprint density at radius 3 is 2.86 bits per heavy atom. The Morgan fingerprint density at radius 1 is 1.26 bits per heavy atom. The molecule has 1 aliphatic heterocycles. The van der Waals surface area contributed by atoms with Crippen molar-refractivity contribution in [1.82, 2.24) is 9.88 Å². The molecule has 0 aliphatic carbocycles. The zero-order valence-corrected chi connectivity index (χ0v) is 20.0. The Balaban J connectivity index is 1.34. The predicted molar refractivity (Wildman–Crippen MR) is 132 cm³/mol. The van der Waals surface area contributed by atoms with Gasteiger partial charge in [-0.3, -0.25) is 9.78 Å². The van der Waals surface area contributed by atoms with E-state index in [2.05, 4.69) is 9.88 Å². The largest absolute Gasteiger partial charge is 0.497 e. The number of halogens is 2. The van der Waals surface area contributed by atoms with E-state index in [1.807, 2.05) is 12.1 Å². The van der Waals surface area contributed by atoms with E-state index >= 15 is 4.39 Å². The fraction of sp³-hybridized carbons (Fsp3) is 0.429. The topological polar surface area (TPSA) is 62.7 Å². The molecule has 2 heterocycles. The second kappa shape index (κ2) is 11.6. The van der Waals surface area contributed by atoms with Crippen molar-refractivity contribution in [3.05, 3.63) is 71.7 Å².